The van der Waals surface area contributed by atoms with Crippen molar-refractivity contribution in [1.29, 1.82) is 0 Å². The van der Waals surface area contributed by atoms with Gasteiger partial charge in [-0.15, -0.1) is 0 Å². The maximum atomic E-state index is 13.3. The van der Waals surface area contributed by atoms with Gasteiger partial charge in [-0.05, 0) is 55.5 Å². The third-order valence-corrected chi connectivity index (χ3v) is 6.52. The van der Waals surface area contributed by atoms with E-state index in [4.69, 9.17) is 16.6 Å². The van der Waals surface area contributed by atoms with E-state index in [2.05, 4.69) is 5.32 Å². The zero-order chi connectivity index (χ0) is 25.1. The van der Waals surface area contributed by atoms with E-state index in [9.17, 15) is 9.59 Å². The number of carbonyl (C=O) groups is 2. The van der Waals surface area contributed by atoms with Gasteiger partial charge in [-0.25, -0.2) is 4.98 Å². The fraction of sp³-hybridized carbons (Fsp3) is 0.207. The van der Waals surface area contributed by atoms with Crippen LogP contribution in [0.15, 0.2) is 85.1 Å². The predicted molar refractivity (Wildman–Crippen MR) is 142 cm³/mol. The summed E-state index contributed by atoms with van der Waals surface area (Å²) in [6.45, 7) is 2.43. The van der Waals surface area contributed by atoms with E-state index in [1.807, 2.05) is 85.9 Å². The molecule has 0 saturated heterocycles. The number of amides is 2. The smallest absolute Gasteiger partial charge is 0.254 e. The molecule has 0 radical (unpaired) electrons. The summed E-state index contributed by atoms with van der Waals surface area (Å²) >= 11 is 6.24. The average molecular weight is 499 g/mol. The third kappa shape index (κ3) is 5.50. The normalized spacial score (nSPS) is 12.8. The summed E-state index contributed by atoms with van der Waals surface area (Å²) in [6.07, 6.45) is 4.04. The first-order valence-corrected chi connectivity index (χ1v) is 12.4. The molecule has 1 heterocycles. The van der Waals surface area contributed by atoms with Gasteiger partial charge in [0.15, 0.2) is 0 Å². The molecule has 1 aromatic heterocycles. The summed E-state index contributed by atoms with van der Waals surface area (Å²) in [6, 6.07) is 24.6. The quantitative estimate of drug-likeness (QED) is 0.324. The Balaban J connectivity index is 1.42. The number of imidazole rings is 1. The van der Waals surface area contributed by atoms with E-state index in [-0.39, 0.29) is 18.4 Å². The van der Waals surface area contributed by atoms with Gasteiger partial charge in [0, 0.05) is 34.6 Å². The number of halogens is 1. The van der Waals surface area contributed by atoms with E-state index in [0.717, 1.165) is 35.3 Å². The van der Waals surface area contributed by atoms with Gasteiger partial charge >= 0.3 is 0 Å². The summed E-state index contributed by atoms with van der Waals surface area (Å²) in [5.41, 5.74) is 3.94. The lowest BCUT2D eigenvalue weighted by Crippen LogP contribution is -2.40. The standard InChI is InChI=1S/C29H27ClN4O2/c1-20-8-5-6-13-25(20)28(36)33(17-21-14-15-21)19-27(35)32-29-31-26(22-9-3-2-4-10-22)18-34(29)24-12-7-11-23(30)16-24/h2-13,16,18,21H,14-15,17,19H2,1H3,(H,31,32,35). The molecule has 4 aromatic rings. The Labute approximate surface area is 215 Å². The number of nitrogens with zero attached hydrogens (tertiary/aromatic N) is 3. The molecule has 0 bridgehead atoms. The third-order valence-electron chi connectivity index (χ3n) is 6.29. The van der Waals surface area contributed by atoms with Crippen molar-refractivity contribution in [3.8, 4) is 16.9 Å². The number of benzene rings is 3. The molecule has 1 N–H and O–H groups in total. The first kappa shape index (κ1) is 23.8. The molecular weight excluding hydrogens is 472 g/mol. The topological polar surface area (TPSA) is 67.2 Å². The molecule has 182 valence electrons. The first-order valence-electron chi connectivity index (χ1n) is 12.0. The first-order chi connectivity index (χ1) is 17.5. The lowest BCUT2D eigenvalue weighted by atomic mass is 10.1. The van der Waals surface area contributed by atoms with E-state index >= 15 is 0 Å². The van der Waals surface area contributed by atoms with E-state index in [1.54, 1.807) is 15.5 Å². The van der Waals surface area contributed by atoms with Gasteiger partial charge in [0.1, 0.15) is 6.54 Å². The van der Waals surface area contributed by atoms with Crippen LogP contribution in [0.4, 0.5) is 5.95 Å². The summed E-state index contributed by atoms with van der Waals surface area (Å²) < 4.78 is 1.81. The van der Waals surface area contributed by atoms with Crippen LogP contribution in [0.1, 0.15) is 28.8 Å². The second kappa shape index (κ2) is 10.4. The molecular formula is C29H27ClN4O2. The molecule has 1 aliphatic rings. The Hall–Kier alpha value is -3.90. The molecule has 0 spiro atoms. The van der Waals surface area contributed by atoms with Gasteiger partial charge in [-0.2, -0.15) is 0 Å². The molecule has 0 atom stereocenters. The number of anilines is 1. The number of hydrogen-bond acceptors (Lipinski definition) is 3. The second-order valence-electron chi connectivity index (χ2n) is 9.16. The van der Waals surface area contributed by atoms with Crippen LogP contribution in [0.2, 0.25) is 5.02 Å². The van der Waals surface area contributed by atoms with Crippen molar-refractivity contribution >= 4 is 29.4 Å². The van der Waals surface area contributed by atoms with Gasteiger partial charge < -0.3 is 4.90 Å². The highest BCUT2D eigenvalue weighted by atomic mass is 35.5. The Morgan fingerprint density at radius 1 is 1.03 bits per heavy atom. The van der Waals surface area contributed by atoms with Crippen LogP contribution in [0, 0.1) is 12.8 Å². The van der Waals surface area contributed by atoms with Crippen molar-refractivity contribution in [3.63, 3.8) is 0 Å². The van der Waals surface area contributed by atoms with Crippen molar-refractivity contribution in [2.45, 2.75) is 19.8 Å². The monoisotopic (exact) mass is 498 g/mol. The molecule has 1 aliphatic carbocycles. The van der Waals surface area contributed by atoms with Gasteiger partial charge in [0.05, 0.1) is 5.69 Å². The fourth-order valence-electron chi connectivity index (χ4n) is 4.19. The maximum absolute atomic E-state index is 13.3. The van der Waals surface area contributed by atoms with E-state index < -0.39 is 0 Å². The predicted octanol–water partition coefficient (Wildman–Crippen LogP) is 5.99. The van der Waals surface area contributed by atoms with Crippen molar-refractivity contribution in [2.24, 2.45) is 5.92 Å². The average Bonchev–Trinajstić information content (AvgIpc) is 3.60. The number of rotatable bonds is 8. The molecule has 1 fully saturated rings. The van der Waals surface area contributed by atoms with Gasteiger partial charge in [-0.1, -0.05) is 66.2 Å². The van der Waals surface area contributed by atoms with Crippen molar-refractivity contribution in [2.75, 3.05) is 18.4 Å². The van der Waals surface area contributed by atoms with Crippen LogP contribution in [0.5, 0.6) is 0 Å². The van der Waals surface area contributed by atoms with Crippen LogP contribution in [0.25, 0.3) is 16.9 Å². The van der Waals surface area contributed by atoms with Gasteiger partial charge in [-0.3, -0.25) is 19.5 Å². The van der Waals surface area contributed by atoms with Crippen LogP contribution in [0.3, 0.4) is 0 Å². The van der Waals surface area contributed by atoms with Crippen molar-refractivity contribution in [3.05, 3.63) is 101 Å². The van der Waals surface area contributed by atoms with Crippen LogP contribution in [-0.2, 0) is 4.79 Å². The molecule has 5 rings (SSSR count). The molecule has 7 heteroatoms. The zero-order valence-electron chi connectivity index (χ0n) is 20.0. The Kier molecular flexibility index (Phi) is 6.87. The Morgan fingerprint density at radius 2 is 1.78 bits per heavy atom. The minimum Gasteiger partial charge on any atom is -0.329 e. The number of carbonyl (C=O) groups excluding carboxylic acids is 2. The van der Waals surface area contributed by atoms with E-state index in [0.29, 0.717) is 29.0 Å². The van der Waals surface area contributed by atoms with E-state index in [1.165, 1.54) is 0 Å². The highest BCUT2D eigenvalue weighted by molar-refractivity contribution is 6.30. The van der Waals surface area contributed by atoms with Crippen molar-refractivity contribution in [1.82, 2.24) is 14.5 Å². The van der Waals surface area contributed by atoms with Crippen LogP contribution >= 0.6 is 11.6 Å². The van der Waals surface area contributed by atoms with Crippen LogP contribution in [-0.4, -0.2) is 39.4 Å². The number of nitrogens with one attached hydrogen (secondary N) is 1. The summed E-state index contributed by atoms with van der Waals surface area (Å²) in [5, 5.41) is 3.52. The molecule has 2 amide bonds. The second-order valence-corrected chi connectivity index (χ2v) is 9.59. The number of aromatic nitrogens is 2. The molecule has 6 nitrogen and oxygen atoms in total. The maximum Gasteiger partial charge on any atom is 0.254 e. The largest absolute Gasteiger partial charge is 0.329 e. The Bertz CT molecular complexity index is 1400. The number of hydrogen-bond donors (Lipinski definition) is 1. The van der Waals surface area contributed by atoms with Crippen LogP contribution < -0.4 is 5.32 Å². The SMILES string of the molecule is Cc1ccccc1C(=O)N(CC(=O)Nc1nc(-c2ccccc2)cn1-c1cccc(Cl)c1)CC1CC1. The molecule has 0 aliphatic heterocycles. The number of aryl methyl sites for hydroxylation is 1. The highest BCUT2D eigenvalue weighted by Crippen LogP contribution is 2.30. The van der Waals surface area contributed by atoms with Crippen molar-refractivity contribution < 1.29 is 9.59 Å². The van der Waals surface area contributed by atoms with Gasteiger partial charge in [0.25, 0.3) is 5.91 Å². The fourth-order valence-corrected chi connectivity index (χ4v) is 4.38. The molecule has 36 heavy (non-hydrogen) atoms. The minimum atomic E-state index is -0.300. The molecule has 0 unspecified atom stereocenters. The zero-order valence-corrected chi connectivity index (χ0v) is 20.8. The Morgan fingerprint density at radius 3 is 2.50 bits per heavy atom. The lowest BCUT2D eigenvalue weighted by molar-refractivity contribution is -0.117. The summed E-state index contributed by atoms with van der Waals surface area (Å²) in [4.78, 5) is 33.0. The summed E-state index contributed by atoms with van der Waals surface area (Å²) in [5.74, 6) is 0.393. The van der Waals surface area contributed by atoms with Gasteiger partial charge in [0.2, 0.25) is 11.9 Å². The molecule has 1 saturated carbocycles. The highest BCUT2D eigenvalue weighted by Gasteiger charge is 2.29. The molecule has 3 aromatic carbocycles. The lowest BCUT2D eigenvalue weighted by Gasteiger charge is -2.23. The minimum absolute atomic E-state index is 0.0489. The summed E-state index contributed by atoms with van der Waals surface area (Å²) in [7, 11) is 0.